The molecular formula is C16H16ClFN2O4S. The molecule has 2 aromatic carbocycles. The third-order valence-corrected chi connectivity index (χ3v) is 5.57. The zero-order valence-corrected chi connectivity index (χ0v) is 15.1. The molecule has 2 aromatic rings. The summed E-state index contributed by atoms with van der Waals surface area (Å²) in [5.41, 5.74) is 0.679. The lowest BCUT2D eigenvalue weighted by Gasteiger charge is -2.16. The summed E-state index contributed by atoms with van der Waals surface area (Å²) >= 11 is 5.94. The molecule has 0 aromatic heterocycles. The minimum absolute atomic E-state index is 0.0365. The van der Waals surface area contributed by atoms with Crippen molar-refractivity contribution in [3.8, 4) is 0 Å². The Bertz CT molecular complexity index is 889. The molecule has 9 heteroatoms. The van der Waals surface area contributed by atoms with Crippen LogP contribution in [0, 0.1) is 5.82 Å². The van der Waals surface area contributed by atoms with Gasteiger partial charge in [-0.2, -0.15) is 0 Å². The SMILES string of the molecule is CON(C)S(=O)(=O)c1cc(C(=O)NCc2cccc(F)c2)ccc1Cl. The van der Waals surface area contributed by atoms with Gasteiger partial charge in [0.05, 0.1) is 12.1 Å². The number of benzene rings is 2. The first-order valence-corrected chi connectivity index (χ1v) is 8.92. The molecule has 0 unspecified atom stereocenters. The van der Waals surface area contributed by atoms with Gasteiger partial charge < -0.3 is 5.32 Å². The number of carbonyl (C=O) groups excluding carboxylic acids is 1. The van der Waals surface area contributed by atoms with Gasteiger partial charge in [0.15, 0.2) is 0 Å². The first-order chi connectivity index (χ1) is 11.8. The van der Waals surface area contributed by atoms with Crippen molar-refractivity contribution in [2.75, 3.05) is 14.2 Å². The maximum atomic E-state index is 13.1. The third kappa shape index (κ3) is 4.55. The standard InChI is InChI=1S/C16H16ClFN2O4S/c1-20(24-2)25(22,23)15-9-12(6-7-14(15)17)16(21)19-10-11-4-3-5-13(18)8-11/h3-9H,10H2,1-2H3,(H,19,21). The quantitative estimate of drug-likeness (QED) is 0.774. The fourth-order valence-electron chi connectivity index (χ4n) is 2.01. The van der Waals surface area contributed by atoms with Crippen molar-refractivity contribution in [2.24, 2.45) is 0 Å². The van der Waals surface area contributed by atoms with Crippen LogP contribution in [0.3, 0.4) is 0 Å². The second kappa shape index (κ2) is 7.92. The first-order valence-electron chi connectivity index (χ1n) is 7.11. The van der Waals surface area contributed by atoms with Crippen LogP contribution >= 0.6 is 11.6 Å². The maximum Gasteiger partial charge on any atom is 0.266 e. The summed E-state index contributed by atoms with van der Waals surface area (Å²) in [4.78, 5) is 16.7. The van der Waals surface area contributed by atoms with Crippen LogP contribution in [-0.4, -0.2) is 33.0 Å². The fraction of sp³-hybridized carbons (Fsp3) is 0.188. The molecule has 0 radical (unpaired) electrons. The molecule has 0 spiro atoms. The number of hydrogen-bond donors (Lipinski definition) is 1. The maximum absolute atomic E-state index is 13.1. The largest absolute Gasteiger partial charge is 0.348 e. The summed E-state index contributed by atoms with van der Waals surface area (Å²) in [6.45, 7) is 0.0965. The molecule has 25 heavy (non-hydrogen) atoms. The highest BCUT2D eigenvalue weighted by atomic mass is 35.5. The van der Waals surface area contributed by atoms with E-state index in [1.54, 1.807) is 6.07 Å². The molecule has 0 aliphatic heterocycles. The molecular weight excluding hydrogens is 371 g/mol. The molecule has 0 bridgehead atoms. The van der Waals surface area contributed by atoms with E-state index in [2.05, 4.69) is 5.32 Å². The molecule has 6 nitrogen and oxygen atoms in total. The van der Waals surface area contributed by atoms with Gasteiger partial charge >= 0.3 is 0 Å². The molecule has 1 amide bonds. The Balaban J connectivity index is 2.22. The average molecular weight is 387 g/mol. The van der Waals surface area contributed by atoms with Crippen LogP contribution in [0.25, 0.3) is 0 Å². The van der Waals surface area contributed by atoms with Crippen LogP contribution in [0.2, 0.25) is 5.02 Å². The van der Waals surface area contributed by atoms with E-state index in [0.717, 1.165) is 6.07 Å². The van der Waals surface area contributed by atoms with E-state index in [-0.39, 0.29) is 22.0 Å². The lowest BCUT2D eigenvalue weighted by Crippen LogP contribution is -2.27. The van der Waals surface area contributed by atoms with Crippen LogP contribution in [0.1, 0.15) is 15.9 Å². The van der Waals surface area contributed by atoms with Crippen molar-refractivity contribution in [2.45, 2.75) is 11.4 Å². The molecule has 0 atom stereocenters. The van der Waals surface area contributed by atoms with Crippen molar-refractivity contribution in [1.82, 2.24) is 9.79 Å². The van der Waals surface area contributed by atoms with E-state index in [0.29, 0.717) is 10.0 Å². The van der Waals surface area contributed by atoms with E-state index in [1.807, 2.05) is 0 Å². The van der Waals surface area contributed by atoms with Crippen LogP contribution in [0.5, 0.6) is 0 Å². The van der Waals surface area contributed by atoms with E-state index in [4.69, 9.17) is 16.4 Å². The second-order valence-corrected chi connectivity index (χ2v) is 7.37. The van der Waals surface area contributed by atoms with Crippen LogP contribution in [0.4, 0.5) is 4.39 Å². The van der Waals surface area contributed by atoms with Gasteiger partial charge in [0.2, 0.25) is 0 Å². The summed E-state index contributed by atoms with van der Waals surface area (Å²) in [6.07, 6.45) is 0. The Morgan fingerprint density at radius 3 is 2.64 bits per heavy atom. The number of carbonyl (C=O) groups is 1. The normalized spacial score (nSPS) is 11.6. The third-order valence-electron chi connectivity index (χ3n) is 3.41. The molecule has 0 saturated carbocycles. The number of hydrogen-bond acceptors (Lipinski definition) is 4. The molecule has 2 rings (SSSR count). The Morgan fingerprint density at radius 1 is 1.28 bits per heavy atom. The van der Waals surface area contributed by atoms with Crippen LogP contribution < -0.4 is 5.32 Å². The average Bonchev–Trinajstić information content (AvgIpc) is 2.59. The molecule has 1 N–H and O–H groups in total. The summed E-state index contributed by atoms with van der Waals surface area (Å²) in [5, 5.41) is 2.56. The molecule has 0 saturated heterocycles. The zero-order valence-electron chi connectivity index (χ0n) is 13.5. The van der Waals surface area contributed by atoms with Crippen molar-refractivity contribution in [1.29, 1.82) is 0 Å². The number of nitrogens with zero attached hydrogens (tertiary/aromatic N) is 1. The number of rotatable bonds is 6. The summed E-state index contributed by atoms with van der Waals surface area (Å²) in [5.74, 6) is -0.924. The van der Waals surface area contributed by atoms with E-state index in [9.17, 15) is 17.6 Å². The molecule has 0 aliphatic rings. The predicted molar refractivity (Wildman–Crippen MR) is 91.0 cm³/mol. The van der Waals surface area contributed by atoms with Crippen molar-refractivity contribution >= 4 is 27.5 Å². The summed E-state index contributed by atoms with van der Waals surface area (Å²) in [7, 11) is -1.59. The van der Waals surface area contributed by atoms with Crippen molar-refractivity contribution in [3.05, 3.63) is 64.4 Å². The smallest absolute Gasteiger partial charge is 0.266 e. The van der Waals surface area contributed by atoms with Crippen molar-refractivity contribution in [3.63, 3.8) is 0 Å². The summed E-state index contributed by atoms with van der Waals surface area (Å²) in [6, 6.07) is 9.66. The molecule has 134 valence electrons. The topological polar surface area (TPSA) is 75.7 Å². The van der Waals surface area contributed by atoms with Crippen LogP contribution in [-0.2, 0) is 21.4 Å². The Kier molecular flexibility index (Phi) is 6.12. The minimum Gasteiger partial charge on any atom is -0.348 e. The lowest BCUT2D eigenvalue weighted by molar-refractivity contribution is -0.0258. The van der Waals surface area contributed by atoms with Gasteiger partial charge in [0.25, 0.3) is 15.9 Å². The monoisotopic (exact) mass is 386 g/mol. The summed E-state index contributed by atoms with van der Waals surface area (Å²) < 4.78 is 38.4. The predicted octanol–water partition coefficient (Wildman–Crippen LogP) is 2.59. The van der Waals surface area contributed by atoms with Gasteiger partial charge in [-0.15, -0.1) is 0 Å². The lowest BCUT2D eigenvalue weighted by atomic mass is 10.2. The number of nitrogens with one attached hydrogen (secondary N) is 1. The Labute approximate surface area is 150 Å². The van der Waals surface area contributed by atoms with Gasteiger partial charge in [-0.3, -0.25) is 9.63 Å². The highest BCUT2D eigenvalue weighted by molar-refractivity contribution is 7.89. The molecule has 0 heterocycles. The van der Waals surface area contributed by atoms with E-state index < -0.39 is 21.7 Å². The van der Waals surface area contributed by atoms with Crippen molar-refractivity contribution < 1.29 is 22.4 Å². The van der Waals surface area contributed by atoms with Gasteiger partial charge in [-0.1, -0.05) is 28.2 Å². The minimum atomic E-state index is -4.00. The van der Waals surface area contributed by atoms with Gasteiger partial charge in [0.1, 0.15) is 10.7 Å². The molecule has 0 aliphatic carbocycles. The molecule has 0 fully saturated rings. The second-order valence-electron chi connectivity index (χ2n) is 5.06. The van der Waals surface area contributed by atoms with Crippen LogP contribution in [0.15, 0.2) is 47.4 Å². The van der Waals surface area contributed by atoms with Gasteiger partial charge in [-0.25, -0.2) is 12.8 Å². The zero-order chi connectivity index (χ0) is 18.6. The Morgan fingerprint density at radius 2 is 2.00 bits per heavy atom. The van der Waals surface area contributed by atoms with E-state index >= 15 is 0 Å². The number of halogens is 2. The highest BCUT2D eigenvalue weighted by Gasteiger charge is 2.25. The highest BCUT2D eigenvalue weighted by Crippen LogP contribution is 2.25. The first kappa shape index (κ1) is 19.3. The van der Waals surface area contributed by atoms with Gasteiger partial charge in [-0.05, 0) is 35.9 Å². The number of amides is 1. The fourth-order valence-corrected chi connectivity index (χ4v) is 3.48. The number of hydroxylamine groups is 1. The van der Waals surface area contributed by atoms with E-state index in [1.165, 1.54) is 44.5 Å². The Hall–Kier alpha value is -2.00. The van der Waals surface area contributed by atoms with Gasteiger partial charge in [0, 0.05) is 19.2 Å². The number of sulfonamides is 1.